The van der Waals surface area contributed by atoms with Crippen LogP contribution in [0.25, 0.3) is 0 Å². The van der Waals surface area contributed by atoms with Crippen molar-refractivity contribution in [3.63, 3.8) is 0 Å². The fraction of sp³-hybridized carbons (Fsp3) is 0. The number of hydrogen-bond acceptors (Lipinski definition) is 5. The predicted molar refractivity (Wildman–Crippen MR) is 66.1 cm³/mol. The van der Waals surface area contributed by atoms with Crippen LogP contribution in [0.2, 0.25) is 0 Å². The fourth-order valence-electron chi connectivity index (χ4n) is 0.944. The van der Waals surface area contributed by atoms with E-state index in [1.54, 1.807) is 28.7 Å². The van der Waals surface area contributed by atoms with Gasteiger partial charge < -0.3 is 0 Å². The zero-order valence-electron chi connectivity index (χ0n) is 8.20. The minimum atomic E-state index is -0.663. The molecule has 0 aromatic heterocycles. The molecule has 0 radical (unpaired) electrons. The number of benzene rings is 1. The highest BCUT2D eigenvalue weighted by molar-refractivity contribution is 14.1. The van der Waals surface area contributed by atoms with Crippen molar-refractivity contribution in [2.24, 2.45) is 5.10 Å². The van der Waals surface area contributed by atoms with Crippen molar-refractivity contribution >= 4 is 34.0 Å². The van der Waals surface area contributed by atoms with Gasteiger partial charge in [-0.2, -0.15) is 20.9 Å². The van der Waals surface area contributed by atoms with E-state index in [0.29, 0.717) is 3.57 Å². The molecule has 0 spiro atoms. The van der Waals surface area contributed by atoms with Gasteiger partial charge in [-0.25, -0.2) is 4.39 Å². The molecule has 82 valence electrons. The lowest BCUT2D eigenvalue weighted by Gasteiger charge is -2.04. The quantitative estimate of drug-likeness (QED) is 0.507. The molecule has 5 nitrogen and oxygen atoms in total. The Balaban J connectivity index is 3.16. The molecule has 0 atom stereocenters. The minimum Gasteiger partial charge on any atom is -0.275 e. The lowest BCUT2D eigenvalue weighted by atomic mass is 10.2. The van der Waals surface area contributed by atoms with E-state index in [1.165, 1.54) is 24.3 Å². The number of nitriles is 3. The zero-order chi connectivity index (χ0) is 12.8. The highest BCUT2D eigenvalue weighted by Gasteiger charge is 2.11. The van der Waals surface area contributed by atoms with Crippen molar-refractivity contribution in [3.8, 4) is 18.2 Å². The van der Waals surface area contributed by atoms with Gasteiger partial charge in [0, 0.05) is 0 Å². The molecule has 0 aliphatic heterocycles. The summed E-state index contributed by atoms with van der Waals surface area (Å²) < 4.78 is 13.8. The van der Waals surface area contributed by atoms with Crippen molar-refractivity contribution in [2.75, 3.05) is 5.43 Å². The smallest absolute Gasteiger partial charge is 0.237 e. The van der Waals surface area contributed by atoms with Crippen molar-refractivity contribution in [1.29, 1.82) is 15.8 Å². The van der Waals surface area contributed by atoms with Gasteiger partial charge in [0.2, 0.25) is 5.71 Å². The molecule has 0 saturated carbocycles. The zero-order valence-corrected chi connectivity index (χ0v) is 10.4. The maximum absolute atomic E-state index is 13.5. The number of rotatable bonds is 2. The molecule has 7 heteroatoms. The normalized spacial score (nSPS) is 8.41. The summed E-state index contributed by atoms with van der Waals surface area (Å²) in [5, 5.41) is 29.1. The molecule has 0 amide bonds. The molecule has 0 aliphatic carbocycles. The summed E-state index contributed by atoms with van der Waals surface area (Å²) in [6, 6.07) is 7.65. The van der Waals surface area contributed by atoms with Gasteiger partial charge in [0.15, 0.2) is 5.82 Å². The summed E-state index contributed by atoms with van der Waals surface area (Å²) in [6.45, 7) is 0. The second-order valence-corrected chi connectivity index (χ2v) is 3.85. The first-order valence-corrected chi connectivity index (χ1v) is 5.24. The van der Waals surface area contributed by atoms with E-state index in [2.05, 4.69) is 10.5 Å². The lowest BCUT2D eigenvalue weighted by molar-refractivity contribution is 0.617. The van der Waals surface area contributed by atoms with Crippen LogP contribution in [-0.2, 0) is 0 Å². The van der Waals surface area contributed by atoms with Crippen molar-refractivity contribution in [3.05, 3.63) is 27.1 Å². The van der Waals surface area contributed by atoms with Crippen LogP contribution in [0.15, 0.2) is 17.2 Å². The molecule has 0 fully saturated rings. The highest BCUT2D eigenvalue weighted by Crippen LogP contribution is 2.22. The molecule has 1 N–H and O–H groups in total. The fourth-order valence-corrected chi connectivity index (χ4v) is 1.39. The Morgan fingerprint density at radius 1 is 1.29 bits per heavy atom. The Morgan fingerprint density at radius 2 is 1.94 bits per heavy atom. The second kappa shape index (κ2) is 5.78. The van der Waals surface area contributed by atoms with E-state index in [1.807, 2.05) is 0 Å². The van der Waals surface area contributed by atoms with Crippen LogP contribution in [-0.4, -0.2) is 5.71 Å². The third-order valence-electron chi connectivity index (χ3n) is 1.71. The Bertz CT molecular complexity index is 587. The molecule has 0 aliphatic rings. The van der Waals surface area contributed by atoms with Gasteiger partial charge >= 0.3 is 0 Å². The number of hydrogen-bond donors (Lipinski definition) is 1. The third-order valence-corrected chi connectivity index (χ3v) is 2.54. The molecule has 0 unspecified atom stereocenters. The van der Waals surface area contributed by atoms with Crippen LogP contribution in [0.4, 0.5) is 10.1 Å². The first-order valence-electron chi connectivity index (χ1n) is 4.16. The molecule has 17 heavy (non-hydrogen) atoms. The van der Waals surface area contributed by atoms with Gasteiger partial charge in [-0.15, -0.1) is 0 Å². The van der Waals surface area contributed by atoms with E-state index >= 15 is 0 Å². The predicted octanol–water partition coefficient (Wildman–Crippen LogP) is 2.12. The molecule has 0 saturated heterocycles. The van der Waals surface area contributed by atoms with Gasteiger partial charge in [-0.05, 0) is 34.7 Å². The van der Waals surface area contributed by atoms with Crippen LogP contribution >= 0.6 is 22.6 Å². The van der Waals surface area contributed by atoms with Gasteiger partial charge in [-0.1, -0.05) is 0 Å². The molecular formula is C10H3FIN5. The standard InChI is InChI=1S/C10H3FIN5/c11-10-7(5-15)9(2-1-8(10)12)17-16-6(3-13)4-14/h1-2,17H. The van der Waals surface area contributed by atoms with Gasteiger partial charge in [-0.3, -0.25) is 5.43 Å². The molecular weight excluding hydrogens is 336 g/mol. The van der Waals surface area contributed by atoms with E-state index in [-0.39, 0.29) is 11.3 Å². The first kappa shape index (κ1) is 12.9. The highest BCUT2D eigenvalue weighted by atomic mass is 127. The second-order valence-electron chi connectivity index (χ2n) is 2.69. The van der Waals surface area contributed by atoms with Crippen LogP contribution in [0, 0.1) is 43.4 Å². The number of halogens is 2. The first-order chi connectivity index (χ1) is 8.13. The van der Waals surface area contributed by atoms with Crippen molar-refractivity contribution in [1.82, 2.24) is 0 Å². The van der Waals surface area contributed by atoms with Crippen LogP contribution in [0.5, 0.6) is 0 Å². The topological polar surface area (TPSA) is 95.8 Å². The lowest BCUT2D eigenvalue weighted by Crippen LogP contribution is -2.00. The number of anilines is 1. The molecule has 0 heterocycles. The summed E-state index contributed by atoms with van der Waals surface area (Å²) in [5.74, 6) is -0.663. The molecule has 1 aromatic rings. The Morgan fingerprint density at radius 3 is 2.47 bits per heavy atom. The summed E-state index contributed by atoms with van der Waals surface area (Å²) in [5.41, 5.74) is 1.79. The molecule has 0 bridgehead atoms. The van der Waals surface area contributed by atoms with E-state index in [0.717, 1.165) is 0 Å². The Hall–Kier alpha value is -2.18. The van der Waals surface area contributed by atoms with Crippen molar-refractivity contribution < 1.29 is 4.39 Å². The van der Waals surface area contributed by atoms with Gasteiger partial charge in [0.05, 0.1) is 9.26 Å². The molecule has 1 rings (SSSR count). The Kier molecular flexibility index (Phi) is 4.38. The summed E-state index contributed by atoms with van der Waals surface area (Å²) >= 11 is 1.75. The van der Waals surface area contributed by atoms with Gasteiger partial charge in [0.25, 0.3) is 0 Å². The van der Waals surface area contributed by atoms with Crippen LogP contribution in [0.1, 0.15) is 5.56 Å². The maximum Gasteiger partial charge on any atom is 0.237 e. The number of nitrogens with zero attached hydrogens (tertiary/aromatic N) is 4. The van der Waals surface area contributed by atoms with E-state index in [4.69, 9.17) is 15.8 Å². The summed E-state index contributed by atoms with van der Waals surface area (Å²) in [7, 11) is 0. The van der Waals surface area contributed by atoms with Gasteiger partial charge in [0.1, 0.15) is 23.8 Å². The number of hydrazone groups is 1. The Labute approximate surface area is 110 Å². The third kappa shape index (κ3) is 2.90. The number of nitrogens with one attached hydrogen (secondary N) is 1. The molecule has 1 aromatic carbocycles. The summed E-state index contributed by atoms with van der Waals surface area (Å²) in [6.07, 6.45) is 0. The van der Waals surface area contributed by atoms with E-state index < -0.39 is 11.5 Å². The average Bonchev–Trinajstić information content (AvgIpc) is 2.35. The van der Waals surface area contributed by atoms with Crippen molar-refractivity contribution in [2.45, 2.75) is 0 Å². The minimum absolute atomic E-state index is 0.105. The van der Waals surface area contributed by atoms with Crippen LogP contribution in [0.3, 0.4) is 0 Å². The monoisotopic (exact) mass is 339 g/mol. The average molecular weight is 339 g/mol. The summed E-state index contributed by atoms with van der Waals surface area (Å²) in [4.78, 5) is 0. The van der Waals surface area contributed by atoms with E-state index in [9.17, 15) is 4.39 Å². The SMILES string of the molecule is N#CC(C#N)=NNc1ccc(I)c(F)c1C#N. The van der Waals surface area contributed by atoms with Crippen LogP contribution < -0.4 is 5.43 Å². The maximum atomic E-state index is 13.5. The largest absolute Gasteiger partial charge is 0.275 e.